The van der Waals surface area contributed by atoms with Gasteiger partial charge in [-0.2, -0.15) is 0 Å². The summed E-state index contributed by atoms with van der Waals surface area (Å²) in [5.41, 5.74) is 7.24. The molecule has 0 saturated carbocycles. The lowest BCUT2D eigenvalue weighted by Gasteiger charge is -2.42. The summed E-state index contributed by atoms with van der Waals surface area (Å²) < 4.78 is 23.5. The van der Waals surface area contributed by atoms with Crippen molar-refractivity contribution in [3.63, 3.8) is 0 Å². The van der Waals surface area contributed by atoms with E-state index in [0.717, 1.165) is 30.8 Å². The van der Waals surface area contributed by atoms with E-state index in [2.05, 4.69) is 109 Å². The van der Waals surface area contributed by atoms with E-state index in [4.69, 9.17) is 18.9 Å². The topological polar surface area (TPSA) is 36.9 Å². The molecule has 0 unspecified atom stereocenters. The molecular weight excluding hydrogens is 544 g/mol. The van der Waals surface area contributed by atoms with Crippen LogP contribution in [0.25, 0.3) is 0 Å². The van der Waals surface area contributed by atoms with E-state index in [-0.39, 0.29) is 0 Å². The van der Waals surface area contributed by atoms with Gasteiger partial charge >= 0.3 is 0 Å². The van der Waals surface area contributed by atoms with Crippen LogP contribution in [0.2, 0.25) is 0 Å². The Labute approximate surface area is 263 Å². The van der Waals surface area contributed by atoms with Crippen molar-refractivity contribution in [2.24, 2.45) is 0 Å². The van der Waals surface area contributed by atoms with Crippen molar-refractivity contribution in [1.82, 2.24) is 0 Å². The summed E-state index contributed by atoms with van der Waals surface area (Å²) in [6.07, 6.45) is 11.1. The quantitative estimate of drug-likeness (QED) is 0.0854. The third-order valence-corrected chi connectivity index (χ3v) is 8.12. The van der Waals surface area contributed by atoms with Gasteiger partial charge in [0.25, 0.3) is 0 Å². The molecule has 0 atom stereocenters. The fraction of sp³-hybridized carbons (Fsp3) is 0.300. The first kappa shape index (κ1) is 31.3. The van der Waals surface area contributed by atoms with Crippen LogP contribution in [0.3, 0.4) is 0 Å². The van der Waals surface area contributed by atoms with Crippen LogP contribution in [0.1, 0.15) is 60.1 Å². The first-order valence-electron chi connectivity index (χ1n) is 15.8. The second-order valence-corrected chi connectivity index (χ2v) is 10.9. The molecule has 0 aliphatic heterocycles. The minimum atomic E-state index is -0.478. The Morgan fingerprint density at radius 2 is 0.955 bits per heavy atom. The number of hydrogen-bond donors (Lipinski definition) is 0. The van der Waals surface area contributed by atoms with E-state index in [9.17, 15) is 0 Å². The molecule has 0 saturated heterocycles. The SMILES string of the molecule is CC=CCCOCCOc1ccc(C2(c3ccc(OCCOCCC=CC)cc3)c3ccccc3Cc3ccccc32)cc1. The second kappa shape index (κ2) is 16.1. The Hall–Kier alpha value is -4.12. The average molecular weight is 589 g/mol. The van der Waals surface area contributed by atoms with Crippen LogP contribution in [0, 0.1) is 0 Å². The molecule has 0 radical (unpaired) electrons. The maximum atomic E-state index is 6.05. The van der Waals surface area contributed by atoms with Gasteiger partial charge in [-0.05, 0) is 90.8 Å². The molecule has 4 heteroatoms. The number of hydrogen-bond acceptors (Lipinski definition) is 4. The first-order chi connectivity index (χ1) is 21.8. The largest absolute Gasteiger partial charge is 0.491 e. The van der Waals surface area contributed by atoms with E-state index in [1.807, 2.05) is 26.0 Å². The summed E-state index contributed by atoms with van der Waals surface area (Å²) in [5.74, 6) is 1.69. The van der Waals surface area contributed by atoms with E-state index in [1.54, 1.807) is 0 Å². The predicted molar refractivity (Wildman–Crippen MR) is 179 cm³/mol. The van der Waals surface area contributed by atoms with Gasteiger partial charge < -0.3 is 18.9 Å². The maximum absolute atomic E-state index is 6.05. The Kier molecular flexibility index (Phi) is 11.5. The zero-order chi connectivity index (χ0) is 30.5. The van der Waals surface area contributed by atoms with Crippen LogP contribution in [0.4, 0.5) is 0 Å². The predicted octanol–water partition coefficient (Wildman–Crippen LogP) is 8.70. The standard InChI is InChI=1S/C40H44O4/c1-3-5-11-25-41-27-29-43-36-21-17-34(18-22-36)40(35-19-23-37(24-20-35)44-30-28-42-26-12-6-4-2)38-15-9-7-13-32(38)31-33-14-8-10-16-39(33)40/h3-10,13-24H,11-12,25-31H2,1-2H3. The summed E-state index contributed by atoms with van der Waals surface area (Å²) in [6.45, 7) is 7.66. The summed E-state index contributed by atoms with van der Waals surface area (Å²) in [5, 5.41) is 0. The molecule has 0 spiro atoms. The van der Waals surface area contributed by atoms with Crippen molar-refractivity contribution in [1.29, 1.82) is 0 Å². The van der Waals surface area contributed by atoms with Crippen LogP contribution >= 0.6 is 0 Å². The Morgan fingerprint density at radius 3 is 1.39 bits per heavy atom. The van der Waals surface area contributed by atoms with Crippen molar-refractivity contribution < 1.29 is 18.9 Å². The molecule has 4 nitrogen and oxygen atoms in total. The lowest BCUT2D eigenvalue weighted by Crippen LogP contribution is -2.36. The minimum absolute atomic E-state index is 0.478. The van der Waals surface area contributed by atoms with Crippen molar-refractivity contribution in [3.05, 3.63) is 155 Å². The van der Waals surface area contributed by atoms with Crippen LogP contribution in [0.15, 0.2) is 121 Å². The molecule has 44 heavy (non-hydrogen) atoms. The van der Waals surface area contributed by atoms with Gasteiger partial charge in [-0.1, -0.05) is 97.1 Å². The zero-order valence-corrected chi connectivity index (χ0v) is 26.0. The van der Waals surface area contributed by atoms with Crippen LogP contribution < -0.4 is 9.47 Å². The lowest BCUT2D eigenvalue weighted by atomic mass is 9.60. The second-order valence-electron chi connectivity index (χ2n) is 10.9. The molecule has 0 fully saturated rings. The smallest absolute Gasteiger partial charge is 0.119 e. The number of rotatable bonds is 16. The van der Waals surface area contributed by atoms with Crippen LogP contribution in [0.5, 0.6) is 11.5 Å². The van der Waals surface area contributed by atoms with Gasteiger partial charge in [0.2, 0.25) is 0 Å². The number of fused-ring (bicyclic) bond motifs is 2. The summed E-state index contributed by atoms with van der Waals surface area (Å²) in [6, 6.07) is 34.9. The third kappa shape index (κ3) is 7.32. The number of ether oxygens (including phenoxy) is 4. The van der Waals surface area contributed by atoms with E-state index in [1.165, 1.54) is 33.4 Å². The highest BCUT2D eigenvalue weighted by atomic mass is 16.5. The van der Waals surface area contributed by atoms with E-state index < -0.39 is 5.41 Å². The molecule has 0 amide bonds. The molecule has 0 bridgehead atoms. The molecule has 4 aromatic carbocycles. The molecule has 1 aliphatic carbocycles. The third-order valence-electron chi connectivity index (χ3n) is 8.12. The highest BCUT2D eigenvalue weighted by Crippen LogP contribution is 2.51. The van der Waals surface area contributed by atoms with Crippen LogP contribution in [-0.4, -0.2) is 39.6 Å². The molecule has 1 aliphatic rings. The Morgan fingerprint density at radius 1 is 0.523 bits per heavy atom. The van der Waals surface area contributed by atoms with Crippen molar-refractivity contribution in [3.8, 4) is 11.5 Å². The van der Waals surface area contributed by atoms with E-state index in [0.29, 0.717) is 39.6 Å². The van der Waals surface area contributed by atoms with E-state index >= 15 is 0 Å². The molecule has 228 valence electrons. The van der Waals surface area contributed by atoms with Gasteiger partial charge in [0.15, 0.2) is 0 Å². The van der Waals surface area contributed by atoms with Crippen molar-refractivity contribution in [2.75, 3.05) is 39.6 Å². The molecule has 0 N–H and O–H groups in total. The van der Waals surface area contributed by atoms with Crippen molar-refractivity contribution in [2.45, 2.75) is 38.5 Å². The zero-order valence-electron chi connectivity index (χ0n) is 26.0. The van der Waals surface area contributed by atoms with Crippen molar-refractivity contribution >= 4 is 0 Å². The van der Waals surface area contributed by atoms with Gasteiger partial charge in [0.1, 0.15) is 24.7 Å². The summed E-state index contributed by atoms with van der Waals surface area (Å²) >= 11 is 0. The minimum Gasteiger partial charge on any atom is -0.491 e. The molecular formula is C40H44O4. The number of benzene rings is 4. The highest BCUT2D eigenvalue weighted by molar-refractivity contribution is 5.67. The molecule has 0 heterocycles. The fourth-order valence-electron chi connectivity index (χ4n) is 6.10. The Bertz CT molecular complexity index is 1390. The summed E-state index contributed by atoms with van der Waals surface area (Å²) in [7, 11) is 0. The molecule has 4 aromatic rings. The average Bonchev–Trinajstić information content (AvgIpc) is 3.07. The van der Waals surface area contributed by atoms with Gasteiger partial charge in [0.05, 0.1) is 31.8 Å². The van der Waals surface area contributed by atoms with Gasteiger partial charge in [0, 0.05) is 0 Å². The van der Waals surface area contributed by atoms with Gasteiger partial charge in [-0.25, -0.2) is 0 Å². The molecule has 0 aromatic heterocycles. The lowest BCUT2D eigenvalue weighted by molar-refractivity contribution is 0.103. The summed E-state index contributed by atoms with van der Waals surface area (Å²) in [4.78, 5) is 0. The van der Waals surface area contributed by atoms with Gasteiger partial charge in [-0.3, -0.25) is 0 Å². The molecule has 5 rings (SSSR count). The normalized spacial score (nSPS) is 13.6. The Balaban J connectivity index is 1.41. The monoisotopic (exact) mass is 588 g/mol. The maximum Gasteiger partial charge on any atom is 0.119 e. The van der Waals surface area contributed by atoms with Gasteiger partial charge in [-0.15, -0.1) is 0 Å². The first-order valence-corrected chi connectivity index (χ1v) is 15.8. The highest BCUT2D eigenvalue weighted by Gasteiger charge is 2.43. The number of allylic oxidation sites excluding steroid dienone is 2. The fourth-order valence-corrected chi connectivity index (χ4v) is 6.10. The van der Waals surface area contributed by atoms with Crippen LogP contribution in [-0.2, 0) is 21.3 Å².